The lowest BCUT2D eigenvalue weighted by molar-refractivity contribution is 0.0572. The molecule has 1 saturated heterocycles. The maximum absolute atomic E-state index is 12.1. The number of rotatable bonds is 2. The van der Waals surface area contributed by atoms with Crippen molar-refractivity contribution in [1.29, 1.82) is 0 Å². The summed E-state index contributed by atoms with van der Waals surface area (Å²) in [7, 11) is 0. The zero-order valence-corrected chi connectivity index (χ0v) is 10.9. The predicted molar refractivity (Wildman–Crippen MR) is 72.9 cm³/mol. The fraction of sp³-hybridized carbons (Fsp3) is 0.308. The molecule has 0 aromatic carbocycles. The lowest BCUT2D eigenvalue weighted by atomic mass is 10.2. The van der Waals surface area contributed by atoms with E-state index in [9.17, 15) is 19.8 Å². The van der Waals surface area contributed by atoms with Crippen LogP contribution in [0, 0.1) is 0 Å². The Hall–Kier alpha value is -2.45. The number of fused-ring (bicyclic) bond motifs is 1. The number of carboxylic acids is 1. The van der Waals surface area contributed by atoms with Gasteiger partial charge in [0.2, 0.25) is 5.43 Å². The van der Waals surface area contributed by atoms with Gasteiger partial charge in [0.15, 0.2) is 5.65 Å². The number of hydrogen-bond donors (Lipinski definition) is 3. The topological polar surface area (TPSA) is 116 Å². The molecule has 0 unspecified atom stereocenters. The number of aliphatic hydroxyl groups is 2. The number of carboxylic acid groups (broad SMARTS) is 1. The highest BCUT2D eigenvalue weighted by atomic mass is 16.4. The molecule has 0 amide bonds. The highest BCUT2D eigenvalue weighted by molar-refractivity contribution is 5.91. The van der Waals surface area contributed by atoms with E-state index in [2.05, 4.69) is 4.98 Å². The van der Waals surface area contributed by atoms with Crippen LogP contribution in [0.5, 0.6) is 0 Å². The molecule has 1 fully saturated rings. The second kappa shape index (κ2) is 4.83. The van der Waals surface area contributed by atoms with E-state index in [1.165, 1.54) is 23.1 Å². The highest BCUT2D eigenvalue weighted by Gasteiger charge is 2.31. The minimum Gasteiger partial charge on any atom is -0.477 e. The molecule has 8 nitrogen and oxygen atoms in total. The fourth-order valence-corrected chi connectivity index (χ4v) is 2.44. The number of β-amino-alcohol motifs (C(OH)–C–C–N with tert-alkyl or cyclic N) is 2. The molecular weight excluding hydrogens is 278 g/mol. The Balaban J connectivity index is 2.24. The molecule has 1 aliphatic heterocycles. The Morgan fingerprint density at radius 2 is 1.95 bits per heavy atom. The molecule has 2 aromatic rings. The number of hydrogen-bond acceptors (Lipinski definition) is 6. The van der Waals surface area contributed by atoms with Crippen molar-refractivity contribution >= 4 is 17.0 Å². The maximum atomic E-state index is 12.1. The molecule has 21 heavy (non-hydrogen) atoms. The summed E-state index contributed by atoms with van der Waals surface area (Å²) < 4.78 is 1.40. The van der Waals surface area contributed by atoms with Crippen molar-refractivity contribution in [3.8, 4) is 0 Å². The zero-order chi connectivity index (χ0) is 15.1. The first-order valence-corrected chi connectivity index (χ1v) is 6.34. The van der Waals surface area contributed by atoms with Gasteiger partial charge in [0, 0.05) is 12.4 Å². The van der Waals surface area contributed by atoms with Crippen LogP contribution < -0.4 is 10.4 Å². The van der Waals surface area contributed by atoms with Crippen LogP contribution in [0.15, 0.2) is 29.3 Å². The summed E-state index contributed by atoms with van der Waals surface area (Å²) in [6.45, 7) is 0.240. The largest absolute Gasteiger partial charge is 0.477 e. The molecule has 0 spiro atoms. The predicted octanol–water partition coefficient (Wildman–Crippen LogP) is -1.23. The number of aromatic nitrogens is 2. The molecule has 2 atom stereocenters. The molecule has 3 heterocycles. The van der Waals surface area contributed by atoms with Crippen molar-refractivity contribution in [3.05, 3.63) is 40.3 Å². The van der Waals surface area contributed by atoms with Gasteiger partial charge in [0.05, 0.1) is 18.5 Å². The maximum Gasteiger partial charge on any atom is 0.341 e. The Kier molecular flexibility index (Phi) is 3.11. The molecule has 0 radical (unpaired) electrons. The van der Waals surface area contributed by atoms with Gasteiger partial charge in [0.1, 0.15) is 17.8 Å². The van der Waals surface area contributed by atoms with Crippen molar-refractivity contribution in [1.82, 2.24) is 9.66 Å². The molecule has 110 valence electrons. The van der Waals surface area contributed by atoms with E-state index in [1.807, 2.05) is 0 Å². The third kappa shape index (κ3) is 2.14. The van der Waals surface area contributed by atoms with Gasteiger partial charge in [-0.25, -0.2) is 14.5 Å². The number of carbonyl (C=O) groups is 1. The van der Waals surface area contributed by atoms with Crippen molar-refractivity contribution < 1.29 is 20.1 Å². The van der Waals surface area contributed by atoms with E-state index < -0.39 is 23.6 Å². The summed E-state index contributed by atoms with van der Waals surface area (Å²) in [5.41, 5.74) is -0.706. The number of aliphatic hydroxyl groups excluding tert-OH is 2. The minimum absolute atomic E-state index is 0.120. The van der Waals surface area contributed by atoms with Gasteiger partial charge >= 0.3 is 5.97 Å². The van der Waals surface area contributed by atoms with Gasteiger partial charge in [-0.2, -0.15) is 0 Å². The number of aromatic carboxylic acids is 1. The lowest BCUT2D eigenvalue weighted by Gasteiger charge is -2.23. The second-order valence-electron chi connectivity index (χ2n) is 4.90. The SMILES string of the molecule is O=C(O)c1cn(N2C[C@@H](O)[C@H](O)C2)c2ncccc2c1=O. The van der Waals surface area contributed by atoms with Crippen LogP contribution in [0.1, 0.15) is 10.4 Å². The molecular formula is C13H13N3O5. The van der Waals surface area contributed by atoms with E-state index in [0.717, 1.165) is 0 Å². The third-order valence-corrected chi connectivity index (χ3v) is 3.52. The van der Waals surface area contributed by atoms with Crippen LogP contribution >= 0.6 is 0 Å². The summed E-state index contributed by atoms with van der Waals surface area (Å²) in [4.78, 5) is 27.4. The van der Waals surface area contributed by atoms with Crippen LogP contribution in [-0.4, -0.2) is 56.2 Å². The lowest BCUT2D eigenvalue weighted by Crippen LogP contribution is -2.36. The minimum atomic E-state index is -1.33. The average Bonchev–Trinajstić information content (AvgIpc) is 2.79. The first kappa shape index (κ1) is 13.5. The summed E-state index contributed by atoms with van der Waals surface area (Å²) in [6, 6.07) is 3.05. The zero-order valence-electron chi connectivity index (χ0n) is 10.9. The Morgan fingerprint density at radius 3 is 2.57 bits per heavy atom. The van der Waals surface area contributed by atoms with E-state index in [-0.39, 0.29) is 29.7 Å². The van der Waals surface area contributed by atoms with E-state index in [1.54, 1.807) is 11.1 Å². The summed E-state index contributed by atoms with van der Waals surface area (Å²) >= 11 is 0. The monoisotopic (exact) mass is 291 g/mol. The van der Waals surface area contributed by atoms with Crippen molar-refractivity contribution in [3.63, 3.8) is 0 Å². The van der Waals surface area contributed by atoms with Crippen LogP contribution in [0.4, 0.5) is 0 Å². The van der Waals surface area contributed by atoms with Crippen LogP contribution in [0.3, 0.4) is 0 Å². The van der Waals surface area contributed by atoms with Gasteiger partial charge in [-0.1, -0.05) is 0 Å². The second-order valence-corrected chi connectivity index (χ2v) is 4.90. The smallest absolute Gasteiger partial charge is 0.341 e. The molecule has 2 aromatic heterocycles. The average molecular weight is 291 g/mol. The normalized spacial score (nSPS) is 21.9. The fourth-order valence-electron chi connectivity index (χ4n) is 2.44. The first-order valence-electron chi connectivity index (χ1n) is 6.34. The molecule has 1 aliphatic rings. The highest BCUT2D eigenvalue weighted by Crippen LogP contribution is 2.15. The Bertz CT molecular complexity index is 762. The third-order valence-electron chi connectivity index (χ3n) is 3.52. The summed E-state index contributed by atoms with van der Waals surface area (Å²) in [6.07, 6.45) is 0.791. The van der Waals surface area contributed by atoms with E-state index in [0.29, 0.717) is 0 Å². The van der Waals surface area contributed by atoms with Crippen LogP contribution in [-0.2, 0) is 0 Å². The van der Waals surface area contributed by atoms with Crippen molar-refractivity contribution in [2.24, 2.45) is 0 Å². The van der Waals surface area contributed by atoms with E-state index >= 15 is 0 Å². The summed E-state index contributed by atoms with van der Waals surface area (Å²) in [5.74, 6) is -1.33. The van der Waals surface area contributed by atoms with Gasteiger partial charge in [-0.15, -0.1) is 0 Å². The standard InChI is InChI=1S/C13H13N3O5/c17-9-5-15(6-10(9)18)16-4-8(13(20)21)11(19)7-2-1-3-14-12(7)16/h1-4,9-10,17-18H,5-6H2,(H,20,21)/t9-,10-/m1/s1. The number of pyridine rings is 2. The van der Waals surface area contributed by atoms with Crippen molar-refractivity contribution in [2.45, 2.75) is 12.2 Å². The molecule has 3 rings (SSSR count). The van der Waals surface area contributed by atoms with Crippen molar-refractivity contribution in [2.75, 3.05) is 18.1 Å². The molecule has 0 saturated carbocycles. The number of nitrogens with zero attached hydrogens (tertiary/aromatic N) is 3. The Labute approximate surface area is 118 Å². The van der Waals surface area contributed by atoms with Gasteiger partial charge in [-0.3, -0.25) is 4.79 Å². The van der Waals surface area contributed by atoms with Crippen LogP contribution in [0.25, 0.3) is 11.0 Å². The quantitative estimate of drug-likeness (QED) is 0.634. The molecule has 3 N–H and O–H groups in total. The molecule has 0 bridgehead atoms. The first-order chi connectivity index (χ1) is 9.99. The molecule has 0 aliphatic carbocycles. The van der Waals surface area contributed by atoms with Gasteiger partial charge in [0.25, 0.3) is 0 Å². The van der Waals surface area contributed by atoms with Gasteiger partial charge in [-0.05, 0) is 12.1 Å². The Morgan fingerprint density at radius 1 is 1.29 bits per heavy atom. The molecule has 8 heteroatoms. The van der Waals surface area contributed by atoms with E-state index in [4.69, 9.17) is 5.11 Å². The van der Waals surface area contributed by atoms with Crippen LogP contribution in [0.2, 0.25) is 0 Å². The van der Waals surface area contributed by atoms with Gasteiger partial charge < -0.3 is 20.3 Å². The summed E-state index contributed by atoms with van der Waals surface area (Å²) in [5, 5.41) is 30.1.